The summed E-state index contributed by atoms with van der Waals surface area (Å²) >= 11 is 0. The van der Waals surface area contributed by atoms with Gasteiger partial charge >= 0.3 is 78.8 Å². The third-order valence-corrected chi connectivity index (χ3v) is 0. The van der Waals surface area contributed by atoms with Crippen LogP contribution in [0.1, 0.15) is 0 Å². The van der Waals surface area contributed by atoms with Crippen molar-refractivity contribution in [3.05, 3.63) is 0 Å². The van der Waals surface area contributed by atoms with Crippen molar-refractivity contribution in [1.82, 2.24) is 0 Å². The van der Waals surface area contributed by atoms with Crippen molar-refractivity contribution in [1.29, 1.82) is 0 Å². The van der Waals surface area contributed by atoms with E-state index in [1.54, 1.807) is 0 Å². The molecule has 0 spiro atoms. The Hall–Kier alpha value is 2.36. The van der Waals surface area contributed by atoms with Crippen LogP contribution in [-0.2, 0) is 49.7 Å². The van der Waals surface area contributed by atoms with E-state index in [1.807, 2.05) is 0 Å². The molecule has 0 atom stereocenters. The minimum atomic E-state index is 0. The van der Waals surface area contributed by atoms with Gasteiger partial charge in [0, 0.05) is 0 Å². The summed E-state index contributed by atoms with van der Waals surface area (Å²) in [6.07, 6.45) is 0. The molecule has 0 bridgehead atoms. The van der Waals surface area contributed by atoms with Crippen molar-refractivity contribution in [3.63, 3.8) is 0 Å². The summed E-state index contributed by atoms with van der Waals surface area (Å²) in [5.74, 6) is 0. The maximum atomic E-state index is 0. The summed E-state index contributed by atoms with van der Waals surface area (Å²) in [4.78, 5) is 0. The Kier molecular flexibility index (Phi) is 724. The fourth-order valence-corrected chi connectivity index (χ4v) is 0. The molecule has 0 heterocycles. The first-order valence-electron chi connectivity index (χ1n) is 0. The van der Waals surface area contributed by atoms with Crippen LogP contribution in [-0.4, -0.2) is 45.5 Å². The van der Waals surface area contributed by atoms with Gasteiger partial charge in [-0.05, 0) is 0 Å². The first-order valence-corrected chi connectivity index (χ1v) is 0. The van der Waals surface area contributed by atoms with E-state index in [4.69, 9.17) is 0 Å². The van der Waals surface area contributed by atoms with Crippen LogP contribution < -0.4 is 0 Å². The second kappa shape index (κ2) is 53.4. The molecular weight excluding hydrogens is 253 g/mol. The number of hydrogen-bond acceptors (Lipinski definition) is 0. The number of hydrogen-bond donors (Lipinski definition) is 0. The second-order valence-electron chi connectivity index (χ2n) is 0. The molecule has 0 rings (SSSR count). The van der Waals surface area contributed by atoms with E-state index < -0.39 is 0 Å². The Morgan fingerprint density at radius 3 is 0.667 bits per heavy atom. The molecule has 6 heteroatoms. The van der Waals surface area contributed by atoms with Crippen LogP contribution in [0.15, 0.2) is 0 Å². The standard InChI is InChI=1S/Co.Ni.3O.Sr/q2*+2;3*-2;+2. The molecule has 6 heavy (non-hydrogen) atoms. The molecule has 0 aromatic rings. The quantitative estimate of drug-likeness (QED) is 0.509. The predicted octanol–water partition coefficient (Wildman–Crippen LogP) is -0.742. The maximum Gasteiger partial charge on any atom is 2.00 e. The molecule has 1 radical (unpaired) electrons. The molecule has 3 nitrogen and oxygen atoms in total. The van der Waals surface area contributed by atoms with Crippen molar-refractivity contribution in [2.45, 2.75) is 0 Å². The third kappa shape index (κ3) is 32.8. The van der Waals surface area contributed by atoms with Gasteiger partial charge in [0.25, 0.3) is 0 Å². The van der Waals surface area contributed by atoms with Crippen molar-refractivity contribution >= 4 is 45.5 Å². The van der Waals surface area contributed by atoms with E-state index >= 15 is 0 Å². The van der Waals surface area contributed by atoms with Gasteiger partial charge in [0.15, 0.2) is 0 Å². The molecule has 0 aliphatic rings. The molecule has 0 saturated heterocycles. The Morgan fingerprint density at radius 1 is 0.667 bits per heavy atom. The van der Waals surface area contributed by atoms with Gasteiger partial charge in [0.1, 0.15) is 0 Å². The molecule has 0 amide bonds. The zero-order valence-electron chi connectivity index (χ0n) is 2.58. The summed E-state index contributed by atoms with van der Waals surface area (Å²) in [7, 11) is 0. The smallest absolute Gasteiger partial charge is 2.00 e. The summed E-state index contributed by atoms with van der Waals surface area (Å²) in [6, 6.07) is 0. The van der Waals surface area contributed by atoms with E-state index in [1.165, 1.54) is 0 Å². The maximum absolute atomic E-state index is 0. The van der Waals surface area contributed by atoms with E-state index in [9.17, 15) is 0 Å². The monoisotopic (exact) mass is 253 g/mol. The molecule has 0 N–H and O–H groups in total. The molecule has 0 unspecified atom stereocenters. The van der Waals surface area contributed by atoms with Crippen LogP contribution in [0.4, 0.5) is 0 Å². The number of rotatable bonds is 0. The van der Waals surface area contributed by atoms with Gasteiger partial charge in [-0.2, -0.15) is 0 Å². The summed E-state index contributed by atoms with van der Waals surface area (Å²) in [5.41, 5.74) is 0. The largest absolute Gasteiger partial charge is 2.00 e. The van der Waals surface area contributed by atoms with Crippen molar-refractivity contribution < 1.29 is 49.7 Å². The predicted molar refractivity (Wildman–Crippen MR) is 7.81 cm³/mol. The molecule has 0 aliphatic heterocycles. The minimum absolute atomic E-state index is 0. The molecule has 0 aromatic heterocycles. The summed E-state index contributed by atoms with van der Waals surface area (Å²) in [6.45, 7) is 0. The van der Waals surface area contributed by atoms with Gasteiger partial charge in [0.05, 0.1) is 0 Å². The summed E-state index contributed by atoms with van der Waals surface area (Å²) in [5, 5.41) is 0. The van der Waals surface area contributed by atoms with Gasteiger partial charge < -0.3 is 16.4 Å². The van der Waals surface area contributed by atoms with Crippen LogP contribution in [0.5, 0.6) is 0 Å². The van der Waals surface area contributed by atoms with Crippen LogP contribution in [0.25, 0.3) is 0 Å². The Balaban J connectivity index is 0. The molecule has 0 saturated carbocycles. The van der Waals surface area contributed by atoms with E-state index in [0.29, 0.717) is 0 Å². The van der Waals surface area contributed by atoms with Gasteiger partial charge in [-0.3, -0.25) is 0 Å². The van der Waals surface area contributed by atoms with Gasteiger partial charge in [-0.15, -0.1) is 0 Å². The van der Waals surface area contributed by atoms with Crippen LogP contribution >= 0.6 is 0 Å². The molecule has 39 valence electrons. The fourth-order valence-electron chi connectivity index (χ4n) is 0. The Labute approximate surface area is 93.6 Å². The molecular formula is CoNiO3Sr. The Bertz CT molecular complexity index is 10.8. The normalized spacial score (nSPS) is 0. The van der Waals surface area contributed by atoms with Crippen molar-refractivity contribution in [2.24, 2.45) is 0 Å². The van der Waals surface area contributed by atoms with E-state index in [-0.39, 0.29) is 95.2 Å². The van der Waals surface area contributed by atoms with Crippen LogP contribution in [0, 0.1) is 0 Å². The molecule has 0 aromatic carbocycles. The average Bonchev–Trinajstić information content (AvgIpc) is 0. The fraction of sp³-hybridized carbons (Fsp3) is 0. The Morgan fingerprint density at radius 2 is 0.667 bits per heavy atom. The third-order valence-electron chi connectivity index (χ3n) is 0. The van der Waals surface area contributed by atoms with Crippen LogP contribution in [0.2, 0.25) is 0 Å². The van der Waals surface area contributed by atoms with Gasteiger partial charge in [0.2, 0.25) is 0 Å². The van der Waals surface area contributed by atoms with E-state index in [0.717, 1.165) is 0 Å². The minimum Gasteiger partial charge on any atom is -2.00 e. The van der Waals surface area contributed by atoms with Crippen LogP contribution in [0.3, 0.4) is 0 Å². The van der Waals surface area contributed by atoms with Gasteiger partial charge in [-0.25, -0.2) is 0 Å². The first kappa shape index (κ1) is 81.3. The molecule has 0 fully saturated rings. The van der Waals surface area contributed by atoms with Gasteiger partial charge in [-0.1, -0.05) is 0 Å². The van der Waals surface area contributed by atoms with Crippen molar-refractivity contribution in [2.75, 3.05) is 0 Å². The SMILES string of the molecule is [Co+2].[Ni+2].[O-2].[O-2].[O-2].[Sr+2]. The molecule has 0 aliphatic carbocycles. The second-order valence-corrected chi connectivity index (χ2v) is 0. The topological polar surface area (TPSA) is 85.5 Å². The summed E-state index contributed by atoms with van der Waals surface area (Å²) < 4.78 is 0. The zero-order valence-corrected chi connectivity index (χ0v) is 8.09. The first-order chi connectivity index (χ1) is 0. The van der Waals surface area contributed by atoms with Crippen molar-refractivity contribution in [3.8, 4) is 0 Å². The average molecular weight is 253 g/mol. The zero-order chi connectivity index (χ0) is 0. The van der Waals surface area contributed by atoms with E-state index in [2.05, 4.69) is 0 Å².